The van der Waals surface area contributed by atoms with E-state index in [-0.39, 0.29) is 0 Å². The summed E-state index contributed by atoms with van der Waals surface area (Å²) < 4.78 is 6.34. The summed E-state index contributed by atoms with van der Waals surface area (Å²) >= 11 is 0. The first-order valence-electron chi connectivity index (χ1n) is 19.1. The number of allylic oxidation sites excluding steroid dienone is 8. The van der Waals surface area contributed by atoms with Crippen LogP contribution in [0.3, 0.4) is 0 Å². The summed E-state index contributed by atoms with van der Waals surface area (Å²) in [7, 11) is 4.28. The summed E-state index contributed by atoms with van der Waals surface area (Å²) in [6.07, 6.45) is 53.5. The maximum atomic E-state index is 6.34. The molecule has 0 radical (unpaired) electrons. The first-order valence-corrected chi connectivity index (χ1v) is 19.1. The molecule has 0 amide bonds. The topological polar surface area (TPSA) is 12.5 Å². The Morgan fingerprint density at radius 3 is 1.16 bits per heavy atom. The second-order valence-electron chi connectivity index (χ2n) is 13.0. The number of likely N-dealkylation sites (N-methyl/N-ethyl adjacent to an activating group) is 1. The molecule has 0 spiro atoms. The molecule has 0 saturated heterocycles. The van der Waals surface area contributed by atoms with Crippen molar-refractivity contribution in [1.29, 1.82) is 0 Å². The molecule has 0 aliphatic heterocycles. The number of hydrogen-bond acceptors (Lipinski definition) is 2. The fraction of sp³-hybridized carbons (Fsp3) is 0.805. The molecule has 0 bridgehead atoms. The van der Waals surface area contributed by atoms with Crippen LogP contribution in [0.15, 0.2) is 48.6 Å². The zero-order valence-electron chi connectivity index (χ0n) is 29.9. The summed E-state index contributed by atoms with van der Waals surface area (Å²) in [4.78, 5) is 2.23. The Balaban J connectivity index is 3.77. The minimum absolute atomic E-state index is 0.469. The number of ether oxygens (including phenoxy) is 1. The van der Waals surface area contributed by atoms with Crippen molar-refractivity contribution in [1.82, 2.24) is 4.90 Å². The van der Waals surface area contributed by atoms with Gasteiger partial charge in [-0.05, 0) is 91.1 Å². The summed E-state index contributed by atoms with van der Waals surface area (Å²) in [5, 5.41) is 0. The van der Waals surface area contributed by atoms with E-state index in [2.05, 4.69) is 81.5 Å². The molecule has 0 aromatic carbocycles. The molecule has 0 aromatic heterocycles. The Kier molecular flexibility index (Phi) is 36.1. The van der Waals surface area contributed by atoms with Gasteiger partial charge in [0.25, 0.3) is 0 Å². The van der Waals surface area contributed by atoms with Crippen LogP contribution in [0.2, 0.25) is 0 Å². The van der Waals surface area contributed by atoms with Gasteiger partial charge in [-0.3, -0.25) is 0 Å². The van der Waals surface area contributed by atoms with Crippen LogP contribution in [0.25, 0.3) is 0 Å². The number of rotatable bonds is 34. The Morgan fingerprint density at radius 2 is 0.791 bits per heavy atom. The van der Waals surface area contributed by atoms with Gasteiger partial charge in [-0.25, -0.2) is 0 Å². The monoisotopic (exact) mass is 600 g/mol. The third kappa shape index (κ3) is 37.0. The van der Waals surface area contributed by atoms with Gasteiger partial charge in [0.2, 0.25) is 0 Å². The average Bonchev–Trinajstić information content (AvgIpc) is 3.00. The van der Waals surface area contributed by atoms with Gasteiger partial charge in [0, 0.05) is 6.54 Å². The highest BCUT2D eigenvalue weighted by Gasteiger charge is 2.09. The lowest BCUT2D eigenvalue weighted by Gasteiger charge is -2.19. The van der Waals surface area contributed by atoms with Crippen molar-refractivity contribution < 1.29 is 4.74 Å². The standard InChI is InChI=1S/C41H77NO/c1-5-7-9-11-13-15-17-19-21-23-25-27-29-31-33-35-37-41(43-40-39-42(3)4)38-36-34-32-30-28-26-24-22-20-18-16-14-12-10-8-6-2/h13-16,19-22,41H,5-12,17-18,23-40H2,1-4H3/b15-13-,16-14-,21-19-,22-20-. The minimum Gasteiger partial charge on any atom is -0.377 e. The van der Waals surface area contributed by atoms with Crippen molar-refractivity contribution in [3.05, 3.63) is 48.6 Å². The van der Waals surface area contributed by atoms with Crippen LogP contribution >= 0.6 is 0 Å². The highest BCUT2D eigenvalue weighted by Crippen LogP contribution is 2.17. The lowest BCUT2D eigenvalue weighted by atomic mass is 10.0. The van der Waals surface area contributed by atoms with Crippen LogP contribution in [0.1, 0.15) is 181 Å². The maximum Gasteiger partial charge on any atom is 0.0596 e. The van der Waals surface area contributed by atoms with E-state index in [1.165, 1.54) is 154 Å². The van der Waals surface area contributed by atoms with Gasteiger partial charge < -0.3 is 9.64 Å². The second kappa shape index (κ2) is 37.1. The lowest BCUT2D eigenvalue weighted by molar-refractivity contribution is 0.0303. The summed E-state index contributed by atoms with van der Waals surface area (Å²) in [5.74, 6) is 0. The van der Waals surface area contributed by atoms with E-state index < -0.39 is 0 Å². The molecule has 2 nitrogen and oxygen atoms in total. The number of hydrogen-bond donors (Lipinski definition) is 0. The van der Waals surface area contributed by atoms with Gasteiger partial charge in [0.05, 0.1) is 12.7 Å². The van der Waals surface area contributed by atoms with E-state index in [1.54, 1.807) is 0 Å². The van der Waals surface area contributed by atoms with Gasteiger partial charge in [0.15, 0.2) is 0 Å². The van der Waals surface area contributed by atoms with E-state index in [0.717, 1.165) is 26.0 Å². The van der Waals surface area contributed by atoms with Gasteiger partial charge in [-0.1, -0.05) is 152 Å². The largest absolute Gasteiger partial charge is 0.377 e. The van der Waals surface area contributed by atoms with Crippen molar-refractivity contribution in [3.63, 3.8) is 0 Å². The fourth-order valence-electron chi connectivity index (χ4n) is 5.43. The predicted octanol–water partition coefficient (Wildman–Crippen LogP) is 13.3. The summed E-state index contributed by atoms with van der Waals surface area (Å²) in [5.41, 5.74) is 0. The van der Waals surface area contributed by atoms with Gasteiger partial charge in [-0.15, -0.1) is 0 Å². The van der Waals surface area contributed by atoms with Gasteiger partial charge >= 0.3 is 0 Å². The average molecular weight is 600 g/mol. The number of unbranched alkanes of at least 4 members (excludes halogenated alkanes) is 18. The molecule has 0 aliphatic carbocycles. The molecule has 2 heteroatoms. The first-order chi connectivity index (χ1) is 21.2. The Morgan fingerprint density at radius 1 is 0.442 bits per heavy atom. The third-order valence-corrected chi connectivity index (χ3v) is 8.35. The van der Waals surface area contributed by atoms with Gasteiger partial charge in [0.1, 0.15) is 0 Å². The van der Waals surface area contributed by atoms with Crippen LogP contribution in [0.4, 0.5) is 0 Å². The SMILES string of the molecule is CCCCC/C=C\C/C=C\CCCCCCCCC(CCCCCCCC/C=C\C/C=C\CCCCC)OCCN(C)C. The zero-order valence-corrected chi connectivity index (χ0v) is 29.9. The Labute approximate surface area is 271 Å². The fourth-order valence-corrected chi connectivity index (χ4v) is 5.43. The Bertz CT molecular complexity index is 584. The summed E-state index contributed by atoms with van der Waals surface area (Å²) in [6, 6.07) is 0. The van der Waals surface area contributed by atoms with Crippen LogP contribution in [-0.2, 0) is 4.74 Å². The molecular formula is C41H77NO. The van der Waals surface area contributed by atoms with Crippen LogP contribution in [-0.4, -0.2) is 38.3 Å². The first kappa shape index (κ1) is 41.9. The van der Waals surface area contributed by atoms with Crippen LogP contribution < -0.4 is 0 Å². The molecule has 0 unspecified atom stereocenters. The van der Waals surface area contributed by atoms with E-state index in [1.807, 2.05) is 0 Å². The smallest absolute Gasteiger partial charge is 0.0596 e. The minimum atomic E-state index is 0.469. The van der Waals surface area contributed by atoms with Crippen molar-refractivity contribution >= 4 is 0 Å². The highest BCUT2D eigenvalue weighted by atomic mass is 16.5. The molecule has 252 valence electrons. The van der Waals surface area contributed by atoms with Crippen molar-refractivity contribution in [2.24, 2.45) is 0 Å². The van der Waals surface area contributed by atoms with Gasteiger partial charge in [-0.2, -0.15) is 0 Å². The molecule has 0 fully saturated rings. The molecule has 0 rings (SSSR count). The van der Waals surface area contributed by atoms with Crippen LogP contribution in [0.5, 0.6) is 0 Å². The Hall–Kier alpha value is -1.12. The van der Waals surface area contributed by atoms with Crippen molar-refractivity contribution in [3.8, 4) is 0 Å². The zero-order chi connectivity index (χ0) is 31.3. The van der Waals surface area contributed by atoms with Crippen molar-refractivity contribution in [2.75, 3.05) is 27.2 Å². The van der Waals surface area contributed by atoms with E-state index in [9.17, 15) is 0 Å². The van der Waals surface area contributed by atoms with E-state index in [4.69, 9.17) is 4.74 Å². The molecule has 0 atom stereocenters. The van der Waals surface area contributed by atoms with Crippen molar-refractivity contribution in [2.45, 2.75) is 187 Å². The molecule has 0 aliphatic rings. The maximum absolute atomic E-state index is 6.34. The molecule has 0 N–H and O–H groups in total. The molecule has 43 heavy (non-hydrogen) atoms. The molecule has 0 aromatic rings. The normalized spacial score (nSPS) is 12.6. The molecular weight excluding hydrogens is 522 g/mol. The van der Waals surface area contributed by atoms with E-state index >= 15 is 0 Å². The van der Waals surface area contributed by atoms with Crippen LogP contribution in [0, 0.1) is 0 Å². The highest BCUT2D eigenvalue weighted by molar-refractivity contribution is 4.93. The lowest BCUT2D eigenvalue weighted by Crippen LogP contribution is -2.22. The third-order valence-electron chi connectivity index (χ3n) is 8.35. The molecule has 0 saturated carbocycles. The predicted molar refractivity (Wildman–Crippen MR) is 196 cm³/mol. The van der Waals surface area contributed by atoms with E-state index in [0.29, 0.717) is 6.10 Å². The number of nitrogens with zero attached hydrogens (tertiary/aromatic N) is 1. The molecule has 0 heterocycles. The summed E-state index contributed by atoms with van der Waals surface area (Å²) in [6.45, 7) is 6.45. The quantitative estimate of drug-likeness (QED) is 0.0539. The second-order valence-corrected chi connectivity index (χ2v) is 13.0.